The third kappa shape index (κ3) is 3.82. The summed E-state index contributed by atoms with van der Waals surface area (Å²) in [5.41, 5.74) is 3.64. The Morgan fingerprint density at radius 3 is 2.74 bits per heavy atom. The van der Waals surface area contributed by atoms with Gasteiger partial charge in [0.05, 0.1) is 24.1 Å². The Morgan fingerprint density at radius 1 is 1.24 bits per heavy atom. The molecule has 0 spiro atoms. The van der Waals surface area contributed by atoms with Crippen LogP contribution in [0.5, 0.6) is 0 Å². The molecule has 2 aromatic carbocycles. The number of amides is 2. The molecule has 1 atom stereocenters. The molecule has 1 fully saturated rings. The number of nitrogens with zero attached hydrogens (tertiary/aromatic N) is 6. The van der Waals surface area contributed by atoms with Gasteiger partial charge in [0, 0.05) is 41.3 Å². The van der Waals surface area contributed by atoms with Crippen LogP contribution < -0.4 is 9.80 Å². The number of anilines is 2. The van der Waals surface area contributed by atoms with E-state index in [4.69, 9.17) is 11.6 Å². The summed E-state index contributed by atoms with van der Waals surface area (Å²) in [6, 6.07) is 12.9. The minimum Gasteiger partial charge on any atom is -0.316 e. The highest BCUT2D eigenvalue weighted by molar-refractivity contribution is 6.31. The molecule has 9 heteroatoms. The molecule has 3 heterocycles. The third-order valence-electron chi connectivity index (χ3n) is 6.58. The molecule has 2 aliphatic rings. The first-order valence-corrected chi connectivity index (χ1v) is 11.4. The SMILES string of the molecule is CC1(C)CN(C(=O)C2CC(=O)N(c3cccc(C#N)c3)C2)c2cc(Cl)c(Cn3cnnc3)cc21. The van der Waals surface area contributed by atoms with Gasteiger partial charge in [-0.25, -0.2) is 0 Å². The van der Waals surface area contributed by atoms with Crippen molar-refractivity contribution in [2.45, 2.75) is 32.2 Å². The van der Waals surface area contributed by atoms with Crippen LogP contribution in [0.4, 0.5) is 11.4 Å². The molecule has 8 nitrogen and oxygen atoms in total. The summed E-state index contributed by atoms with van der Waals surface area (Å²) >= 11 is 6.62. The zero-order valence-electron chi connectivity index (χ0n) is 18.9. The van der Waals surface area contributed by atoms with E-state index < -0.39 is 5.92 Å². The van der Waals surface area contributed by atoms with Gasteiger partial charge in [0.15, 0.2) is 0 Å². The first-order valence-electron chi connectivity index (χ1n) is 11.0. The standard InChI is InChI=1S/C25H23ClN6O2/c1-25(2)13-32(22-9-21(26)17(7-20(22)25)11-30-14-28-29-15-30)24(34)18-8-23(33)31(12-18)19-5-3-4-16(6-19)10-27/h3-7,9,14-15,18H,8,11-13H2,1-2H3. The number of fused-ring (bicyclic) bond motifs is 1. The number of halogens is 1. The molecule has 1 saturated heterocycles. The van der Waals surface area contributed by atoms with Gasteiger partial charge in [-0.15, -0.1) is 10.2 Å². The van der Waals surface area contributed by atoms with Crippen LogP contribution in [0.2, 0.25) is 5.02 Å². The minimum absolute atomic E-state index is 0.0817. The largest absolute Gasteiger partial charge is 0.316 e. The highest BCUT2D eigenvalue weighted by atomic mass is 35.5. The lowest BCUT2D eigenvalue weighted by molar-refractivity contribution is -0.124. The van der Waals surface area contributed by atoms with Crippen molar-refractivity contribution in [3.05, 3.63) is 70.8 Å². The molecule has 172 valence electrons. The zero-order valence-corrected chi connectivity index (χ0v) is 19.7. The van der Waals surface area contributed by atoms with Crippen LogP contribution in [-0.2, 0) is 21.5 Å². The van der Waals surface area contributed by atoms with Crippen molar-refractivity contribution in [1.82, 2.24) is 14.8 Å². The lowest BCUT2D eigenvalue weighted by Gasteiger charge is -2.24. The van der Waals surface area contributed by atoms with Gasteiger partial charge in [-0.1, -0.05) is 31.5 Å². The molecular formula is C25H23ClN6O2. The van der Waals surface area contributed by atoms with Gasteiger partial charge in [0.25, 0.3) is 0 Å². The number of nitriles is 1. The van der Waals surface area contributed by atoms with E-state index in [1.165, 1.54) is 0 Å². The number of aromatic nitrogens is 3. The lowest BCUT2D eigenvalue weighted by atomic mass is 9.86. The highest BCUT2D eigenvalue weighted by Gasteiger charge is 2.44. The Labute approximate surface area is 202 Å². The predicted octanol–water partition coefficient (Wildman–Crippen LogP) is 3.53. The van der Waals surface area contributed by atoms with Gasteiger partial charge in [-0.3, -0.25) is 9.59 Å². The van der Waals surface area contributed by atoms with Gasteiger partial charge in [0.2, 0.25) is 11.8 Å². The smallest absolute Gasteiger partial charge is 0.232 e. The molecular weight excluding hydrogens is 452 g/mol. The summed E-state index contributed by atoms with van der Waals surface area (Å²) in [6.07, 6.45) is 3.42. The normalized spacial score (nSPS) is 18.8. The Bertz CT molecular complexity index is 1330. The van der Waals surface area contributed by atoms with E-state index in [-0.39, 0.29) is 30.2 Å². The van der Waals surface area contributed by atoms with Crippen molar-refractivity contribution in [3.63, 3.8) is 0 Å². The maximum atomic E-state index is 13.6. The van der Waals surface area contributed by atoms with Crippen LogP contribution in [0.1, 0.15) is 37.0 Å². The fourth-order valence-corrected chi connectivity index (χ4v) is 5.06. The highest BCUT2D eigenvalue weighted by Crippen LogP contribution is 2.44. The van der Waals surface area contributed by atoms with Crippen LogP contribution in [0.3, 0.4) is 0 Å². The van der Waals surface area contributed by atoms with Gasteiger partial charge in [-0.05, 0) is 41.5 Å². The summed E-state index contributed by atoms with van der Waals surface area (Å²) in [7, 11) is 0. The number of hydrogen-bond donors (Lipinski definition) is 0. The average molecular weight is 475 g/mol. The number of carbonyl (C=O) groups is 2. The Hall–Kier alpha value is -3.70. The molecule has 0 bridgehead atoms. The average Bonchev–Trinajstić information content (AvgIpc) is 3.53. The van der Waals surface area contributed by atoms with Gasteiger partial charge in [-0.2, -0.15) is 5.26 Å². The maximum absolute atomic E-state index is 13.6. The number of rotatable bonds is 4. The fraction of sp³-hybridized carbons (Fsp3) is 0.320. The topological polar surface area (TPSA) is 95.1 Å². The summed E-state index contributed by atoms with van der Waals surface area (Å²) in [6.45, 7) is 5.56. The zero-order chi connectivity index (χ0) is 24.0. The van der Waals surface area contributed by atoms with E-state index in [9.17, 15) is 14.9 Å². The molecule has 0 N–H and O–H groups in total. The monoisotopic (exact) mass is 474 g/mol. The Morgan fingerprint density at radius 2 is 2.00 bits per heavy atom. The second-order valence-corrected chi connectivity index (χ2v) is 9.88. The van der Waals surface area contributed by atoms with Gasteiger partial charge < -0.3 is 14.4 Å². The van der Waals surface area contributed by atoms with Crippen LogP contribution in [-0.4, -0.2) is 39.7 Å². The van der Waals surface area contributed by atoms with Crippen molar-refractivity contribution in [3.8, 4) is 6.07 Å². The number of benzene rings is 2. The molecule has 0 aliphatic carbocycles. The molecule has 2 amide bonds. The minimum atomic E-state index is -0.463. The second-order valence-electron chi connectivity index (χ2n) is 9.47. The van der Waals surface area contributed by atoms with E-state index in [1.807, 2.05) is 10.6 Å². The molecule has 0 saturated carbocycles. The van der Waals surface area contributed by atoms with Crippen LogP contribution in [0.25, 0.3) is 0 Å². The molecule has 2 aliphatic heterocycles. The summed E-state index contributed by atoms with van der Waals surface area (Å²) in [5.74, 6) is -0.661. The molecule has 1 aromatic heterocycles. The number of hydrogen-bond acceptors (Lipinski definition) is 5. The van der Waals surface area contributed by atoms with E-state index in [1.54, 1.807) is 46.7 Å². The molecule has 34 heavy (non-hydrogen) atoms. The Balaban J connectivity index is 1.41. The van der Waals surface area contributed by atoms with Gasteiger partial charge in [0.1, 0.15) is 12.7 Å². The van der Waals surface area contributed by atoms with Crippen molar-refractivity contribution in [2.75, 3.05) is 22.9 Å². The summed E-state index contributed by atoms with van der Waals surface area (Å²) in [5, 5.41) is 17.4. The van der Waals surface area contributed by atoms with E-state index in [0.717, 1.165) is 16.8 Å². The maximum Gasteiger partial charge on any atom is 0.232 e. The van der Waals surface area contributed by atoms with Crippen molar-refractivity contribution in [1.29, 1.82) is 5.26 Å². The van der Waals surface area contributed by atoms with Crippen LogP contribution in [0, 0.1) is 17.2 Å². The van der Waals surface area contributed by atoms with E-state index in [2.05, 4.69) is 36.2 Å². The Kier molecular flexibility index (Phi) is 5.37. The first-order chi connectivity index (χ1) is 16.3. The fourth-order valence-electron chi connectivity index (χ4n) is 4.84. The van der Waals surface area contributed by atoms with Crippen molar-refractivity contribution < 1.29 is 9.59 Å². The number of carbonyl (C=O) groups excluding carboxylic acids is 2. The van der Waals surface area contributed by atoms with Crippen molar-refractivity contribution in [2.24, 2.45) is 5.92 Å². The van der Waals surface area contributed by atoms with Crippen molar-refractivity contribution >= 4 is 34.8 Å². The summed E-state index contributed by atoms with van der Waals surface area (Å²) in [4.78, 5) is 29.8. The second kappa shape index (κ2) is 8.26. The third-order valence-corrected chi connectivity index (χ3v) is 6.94. The van der Waals surface area contributed by atoms with Crippen LogP contribution >= 0.6 is 11.6 Å². The first kappa shape index (κ1) is 22.1. The van der Waals surface area contributed by atoms with E-state index in [0.29, 0.717) is 29.4 Å². The quantitative estimate of drug-likeness (QED) is 0.576. The van der Waals surface area contributed by atoms with Gasteiger partial charge >= 0.3 is 0 Å². The molecule has 3 aromatic rings. The molecule has 0 radical (unpaired) electrons. The summed E-state index contributed by atoms with van der Waals surface area (Å²) < 4.78 is 1.85. The van der Waals surface area contributed by atoms with E-state index >= 15 is 0 Å². The lowest BCUT2D eigenvalue weighted by Crippen LogP contribution is -2.39. The predicted molar refractivity (Wildman–Crippen MR) is 128 cm³/mol. The molecule has 1 unspecified atom stereocenters. The van der Waals surface area contributed by atoms with Crippen LogP contribution in [0.15, 0.2) is 49.1 Å². The molecule has 5 rings (SSSR count).